The van der Waals surface area contributed by atoms with Crippen LogP contribution >= 0.6 is 0 Å². The van der Waals surface area contributed by atoms with Gasteiger partial charge in [-0.1, -0.05) is 54.6 Å². The quantitative estimate of drug-likeness (QED) is 0.828. The molecule has 82 valence electrons. The molecule has 0 heterocycles. The Morgan fingerprint density at radius 2 is 1.56 bits per heavy atom. The van der Waals surface area contributed by atoms with Gasteiger partial charge in [0.05, 0.1) is 0 Å². The van der Waals surface area contributed by atoms with Gasteiger partial charge in [-0.15, -0.1) is 0 Å². The summed E-state index contributed by atoms with van der Waals surface area (Å²) in [4.78, 5) is 0. The zero-order valence-electron chi connectivity index (χ0n) is 9.56. The summed E-state index contributed by atoms with van der Waals surface area (Å²) in [5, 5.41) is 0. The van der Waals surface area contributed by atoms with Gasteiger partial charge in [0.25, 0.3) is 0 Å². The molecule has 16 heavy (non-hydrogen) atoms. The zero-order valence-corrected chi connectivity index (χ0v) is 9.56. The van der Waals surface area contributed by atoms with Gasteiger partial charge >= 0.3 is 0 Å². The van der Waals surface area contributed by atoms with Crippen LogP contribution < -0.4 is 5.73 Å². The molecule has 0 amide bonds. The molecular weight excluding hydrogens is 194 g/mol. The fourth-order valence-corrected chi connectivity index (χ4v) is 1.94. The van der Waals surface area contributed by atoms with Crippen molar-refractivity contribution < 1.29 is 0 Å². The highest BCUT2D eigenvalue weighted by Gasteiger charge is 2.05. The normalized spacial score (nSPS) is 12.4. The number of hydrogen-bond donors (Lipinski definition) is 1. The maximum absolute atomic E-state index is 5.87. The first-order chi connectivity index (χ1) is 7.77. The predicted octanol–water partition coefficient (Wildman–Crippen LogP) is 3.24. The molecule has 1 nitrogen and oxygen atoms in total. The van der Waals surface area contributed by atoms with E-state index in [9.17, 15) is 0 Å². The van der Waals surface area contributed by atoms with E-state index in [-0.39, 0.29) is 6.04 Å². The third-order valence-electron chi connectivity index (χ3n) is 2.64. The molecular formula is C15H17N. The monoisotopic (exact) mass is 211 g/mol. The molecule has 2 N–H and O–H groups in total. The van der Waals surface area contributed by atoms with E-state index in [2.05, 4.69) is 48.5 Å². The number of benzene rings is 2. The van der Waals surface area contributed by atoms with Crippen molar-refractivity contribution in [2.24, 2.45) is 5.73 Å². The van der Waals surface area contributed by atoms with E-state index in [0.29, 0.717) is 0 Å². The Balaban J connectivity index is 2.41. The summed E-state index contributed by atoms with van der Waals surface area (Å²) in [6, 6.07) is 19.1. The second-order valence-electron chi connectivity index (χ2n) is 4.20. The molecule has 0 unspecified atom stereocenters. The van der Waals surface area contributed by atoms with Gasteiger partial charge in [0.1, 0.15) is 0 Å². The summed E-state index contributed by atoms with van der Waals surface area (Å²) in [7, 11) is 0. The fraction of sp³-hybridized carbons (Fsp3) is 0.200. The van der Waals surface area contributed by atoms with Gasteiger partial charge in [-0.05, 0) is 30.0 Å². The average Bonchev–Trinajstić information content (AvgIpc) is 2.30. The lowest BCUT2D eigenvalue weighted by molar-refractivity contribution is 0.739. The number of hydrogen-bond acceptors (Lipinski definition) is 1. The zero-order chi connectivity index (χ0) is 11.4. The maximum Gasteiger partial charge on any atom is 0.00511 e. The van der Waals surface area contributed by atoms with E-state index in [1.54, 1.807) is 0 Å². The van der Waals surface area contributed by atoms with Crippen LogP contribution in [0.3, 0.4) is 0 Å². The van der Waals surface area contributed by atoms with Gasteiger partial charge in [-0.25, -0.2) is 0 Å². The largest absolute Gasteiger partial charge is 0.328 e. The standard InChI is InChI=1S/C15H17N/c1-12(16)11-14-9-5-6-10-15(14)13-7-3-2-4-8-13/h2-10,12H,11,16H2,1H3/t12-/m1/s1. The molecule has 0 aromatic heterocycles. The van der Waals surface area contributed by atoms with Crippen molar-refractivity contribution in [2.45, 2.75) is 19.4 Å². The Hall–Kier alpha value is -1.60. The van der Waals surface area contributed by atoms with Crippen molar-refractivity contribution in [1.29, 1.82) is 0 Å². The van der Waals surface area contributed by atoms with Crippen LogP contribution in [0.4, 0.5) is 0 Å². The minimum atomic E-state index is 0.199. The molecule has 1 atom stereocenters. The lowest BCUT2D eigenvalue weighted by Gasteiger charge is -2.11. The Morgan fingerprint density at radius 3 is 2.25 bits per heavy atom. The van der Waals surface area contributed by atoms with E-state index in [1.807, 2.05) is 13.0 Å². The highest BCUT2D eigenvalue weighted by atomic mass is 14.6. The second kappa shape index (κ2) is 4.95. The van der Waals surface area contributed by atoms with Gasteiger partial charge in [0.15, 0.2) is 0 Å². The average molecular weight is 211 g/mol. The minimum Gasteiger partial charge on any atom is -0.328 e. The molecule has 2 rings (SSSR count). The third kappa shape index (κ3) is 2.50. The van der Waals surface area contributed by atoms with Crippen molar-refractivity contribution in [3.8, 4) is 11.1 Å². The van der Waals surface area contributed by atoms with Crippen molar-refractivity contribution >= 4 is 0 Å². The van der Waals surface area contributed by atoms with Gasteiger partial charge < -0.3 is 5.73 Å². The van der Waals surface area contributed by atoms with Gasteiger partial charge in [0, 0.05) is 6.04 Å². The van der Waals surface area contributed by atoms with E-state index >= 15 is 0 Å². The summed E-state index contributed by atoms with van der Waals surface area (Å²) >= 11 is 0. The van der Waals surface area contributed by atoms with Crippen LogP contribution in [0.1, 0.15) is 12.5 Å². The lowest BCUT2D eigenvalue weighted by Crippen LogP contribution is -2.18. The fourth-order valence-electron chi connectivity index (χ4n) is 1.94. The van der Waals surface area contributed by atoms with Crippen molar-refractivity contribution in [3.05, 3.63) is 60.2 Å². The Morgan fingerprint density at radius 1 is 0.938 bits per heavy atom. The Kier molecular flexibility index (Phi) is 3.37. The predicted molar refractivity (Wildman–Crippen MR) is 69.2 cm³/mol. The van der Waals surface area contributed by atoms with Crippen LogP contribution in [-0.2, 0) is 6.42 Å². The molecule has 0 spiro atoms. The number of rotatable bonds is 3. The van der Waals surface area contributed by atoms with Crippen LogP contribution in [0.25, 0.3) is 11.1 Å². The molecule has 0 radical (unpaired) electrons. The summed E-state index contributed by atoms with van der Waals surface area (Å²) in [6.45, 7) is 2.04. The molecule has 2 aromatic carbocycles. The van der Waals surface area contributed by atoms with Crippen molar-refractivity contribution in [1.82, 2.24) is 0 Å². The lowest BCUT2D eigenvalue weighted by atomic mass is 9.96. The summed E-state index contributed by atoms with van der Waals surface area (Å²) < 4.78 is 0. The topological polar surface area (TPSA) is 26.0 Å². The van der Waals surface area contributed by atoms with Crippen LogP contribution in [0.2, 0.25) is 0 Å². The highest BCUT2D eigenvalue weighted by Crippen LogP contribution is 2.23. The van der Waals surface area contributed by atoms with Crippen LogP contribution in [-0.4, -0.2) is 6.04 Å². The minimum absolute atomic E-state index is 0.199. The molecule has 0 saturated carbocycles. The molecule has 2 aromatic rings. The SMILES string of the molecule is C[C@@H](N)Cc1ccccc1-c1ccccc1. The van der Waals surface area contributed by atoms with Crippen molar-refractivity contribution in [2.75, 3.05) is 0 Å². The molecule has 0 fully saturated rings. The smallest absolute Gasteiger partial charge is 0.00511 e. The Bertz CT molecular complexity index is 446. The number of nitrogens with two attached hydrogens (primary N) is 1. The summed E-state index contributed by atoms with van der Waals surface area (Å²) in [5.41, 5.74) is 9.75. The molecule has 0 aliphatic rings. The van der Waals surface area contributed by atoms with Gasteiger partial charge in [-0.3, -0.25) is 0 Å². The van der Waals surface area contributed by atoms with E-state index in [0.717, 1.165) is 6.42 Å². The summed E-state index contributed by atoms with van der Waals surface area (Å²) in [5.74, 6) is 0. The molecule has 0 aliphatic carbocycles. The van der Waals surface area contributed by atoms with E-state index in [4.69, 9.17) is 5.73 Å². The van der Waals surface area contributed by atoms with Crippen LogP contribution in [0, 0.1) is 0 Å². The first kappa shape index (κ1) is 10.9. The maximum atomic E-state index is 5.87. The molecule has 0 saturated heterocycles. The third-order valence-corrected chi connectivity index (χ3v) is 2.64. The second-order valence-corrected chi connectivity index (χ2v) is 4.20. The van der Waals surface area contributed by atoms with Crippen molar-refractivity contribution in [3.63, 3.8) is 0 Å². The molecule has 1 heteroatoms. The van der Waals surface area contributed by atoms with E-state index < -0.39 is 0 Å². The molecule has 0 bridgehead atoms. The first-order valence-corrected chi connectivity index (χ1v) is 5.66. The van der Waals surface area contributed by atoms with Gasteiger partial charge in [0.2, 0.25) is 0 Å². The van der Waals surface area contributed by atoms with Crippen LogP contribution in [0.5, 0.6) is 0 Å². The Labute approximate surface area is 96.9 Å². The first-order valence-electron chi connectivity index (χ1n) is 5.66. The highest BCUT2D eigenvalue weighted by molar-refractivity contribution is 5.67. The van der Waals surface area contributed by atoms with E-state index in [1.165, 1.54) is 16.7 Å². The summed E-state index contributed by atoms with van der Waals surface area (Å²) in [6.07, 6.45) is 0.922. The van der Waals surface area contributed by atoms with Crippen LogP contribution in [0.15, 0.2) is 54.6 Å². The molecule has 0 aliphatic heterocycles. The van der Waals surface area contributed by atoms with Gasteiger partial charge in [-0.2, -0.15) is 0 Å².